The first-order valence-corrected chi connectivity index (χ1v) is 21.4. The van der Waals surface area contributed by atoms with Crippen LogP contribution < -0.4 is 19.5 Å². The molecule has 2 unspecified atom stereocenters. The van der Waals surface area contributed by atoms with Crippen molar-refractivity contribution in [3.05, 3.63) is 90.0 Å². The Hall–Kier alpha value is -5.43. The predicted octanol–water partition coefficient (Wildman–Crippen LogP) is 8.62. The fourth-order valence-electron chi connectivity index (χ4n) is 7.71. The Morgan fingerprint density at radius 3 is 2.47 bits per heavy atom. The number of likely N-dealkylation sites (tertiary alicyclic amines) is 1. The number of thiazole rings is 1. The quantitative estimate of drug-likeness (QED) is 0.0561. The van der Waals surface area contributed by atoms with Gasteiger partial charge in [-0.1, -0.05) is 44.6 Å². The van der Waals surface area contributed by atoms with Crippen LogP contribution in [0.1, 0.15) is 82.0 Å². The molecule has 12 nitrogen and oxygen atoms in total. The number of carbonyl (C=O) groups is 3. The number of methoxy groups -OCH3 is 2. The minimum atomic E-state index is -1.23. The fraction of sp³-hybridized carbons (Fsp3) is 0.457. The molecule has 2 fully saturated rings. The molecular formula is C46H57N5O7S. The third kappa shape index (κ3) is 9.56. The SMILES string of the molecule is C=CCCCCCN(Cc1ccc(OC)cc1)C(=O)N1CC(Oc2cc(-c3nc(C(C)C)cs3)nc3c(C)c(OC)ccc23)C[C@H]1C(=O)NC1(C(=O)OCC)C[C@H]1C=C. The smallest absolute Gasteiger partial charge is 0.332 e. The number of hydrogen-bond donors (Lipinski definition) is 1. The van der Waals surface area contributed by atoms with E-state index in [-0.39, 0.29) is 37.4 Å². The van der Waals surface area contributed by atoms with E-state index in [9.17, 15) is 14.4 Å². The number of esters is 1. The van der Waals surface area contributed by atoms with E-state index < -0.39 is 29.6 Å². The number of urea groups is 1. The van der Waals surface area contributed by atoms with Crippen LogP contribution in [0, 0.1) is 12.8 Å². The van der Waals surface area contributed by atoms with Gasteiger partial charge in [-0.2, -0.15) is 0 Å². The topological polar surface area (TPSA) is 132 Å². The molecule has 2 aromatic heterocycles. The molecule has 1 saturated heterocycles. The summed E-state index contributed by atoms with van der Waals surface area (Å²) in [6.07, 6.45) is 7.10. The van der Waals surface area contributed by atoms with Gasteiger partial charge in [0.25, 0.3) is 0 Å². The lowest BCUT2D eigenvalue weighted by Gasteiger charge is -2.32. The fourth-order valence-corrected chi connectivity index (χ4v) is 8.65. The molecule has 13 heteroatoms. The zero-order valence-corrected chi connectivity index (χ0v) is 35.9. The van der Waals surface area contributed by atoms with Gasteiger partial charge in [0.2, 0.25) is 5.91 Å². The lowest BCUT2D eigenvalue weighted by molar-refractivity contribution is -0.149. The zero-order valence-electron chi connectivity index (χ0n) is 35.1. The molecule has 0 bridgehead atoms. The highest BCUT2D eigenvalue weighted by Crippen LogP contribution is 2.46. The van der Waals surface area contributed by atoms with Crippen molar-refractivity contribution in [2.24, 2.45) is 5.92 Å². The van der Waals surface area contributed by atoms with Gasteiger partial charge in [-0.3, -0.25) is 4.79 Å². The molecule has 3 amide bonds. The second-order valence-corrected chi connectivity index (χ2v) is 16.4. The number of fused-ring (bicyclic) bond motifs is 1. The number of unbranched alkanes of at least 4 members (excludes halogenated alkanes) is 3. The molecule has 1 aliphatic heterocycles. The predicted molar refractivity (Wildman–Crippen MR) is 231 cm³/mol. The maximum atomic E-state index is 14.9. The van der Waals surface area contributed by atoms with Crippen molar-refractivity contribution in [3.63, 3.8) is 0 Å². The highest BCUT2D eigenvalue weighted by atomic mass is 32.1. The highest BCUT2D eigenvalue weighted by Gasteiger charge is 2.62. The van der Waals surface area contributed by atoms with Crippen molar-refractivity contribution in [1.82, 2.24) is 25.1 Å². The van der Waals surface area contributed by atoms with Gasteiger partial charge in [-0.25, -0.2) is 19.6 Å². The van der Waals surface area contributed by atoms with Crippen molar-refractivity contribution < 1.29 is 33.3 Å². The van der Waals surface area contributed by atoms with Crippen LogP contribution in [0.3, 0.4) is 0 Å². The van der Waals surface area contributed by atoms with Crippen molar-refractivity contribution in [2.45, 2.75) is 96.4 Å². The van der Waals surface area contributed by atoms with Crippen LogP contribution in [-0.4, -0.2) is 89.3 Å². The Kier molecular flexibility index (Phi) is 14.0. The van der Waals surface area contributed by atoms with E-state index in [0.717, 1.165) is 58.6 Å². The van der Waals surface area contributed by atoms with Gasteiger partial charge in [0.1, 0.15) is 45.6 Å². The van der Waals surface area contributed by atoms with Gasteiger partial charge < -0.3 is 34.1 Å². The molecule has 2 aliphatic rings. The highest BCUT2D eigenvalue weighted by molar-refractivity contribution is 7.13. The van der Waals surface area contributed by atoms with Gasteiger partial charge in [0, 0.05) is 47.8 Å². The number of aromatic nitrogens is 2. The number of benzene rings is 2. The Balaban J connectivity index is 1.36. The van der Waals surface area contributed by atoms with Crippen LogP contribution in [0.4, 0.5) is 4.79 Å². The first kappa shape index (κ1) is 43.2. The molecule has 59 heavy (non-hydrogen) atoms. The molecule has 4 atom stereocenters. The molecule has 4 aromatic rings. The van der Waals surface area contributed by atoms with Crippen LogP contribution in [0.15, 0.2) is 73.2 Å². The number of carbonyl (C=O) groups excluding carboxylic acids is 3. The summed E-state index contributed by atoms with van der Waals surface area (Å²) >= 11 is 1.52. The summed E-state index contributed by atoms with van der Waals surface area (Å²) < 4.78 is 23.3. The Morgan fingerprint density at radius 1 is 1.05 bits per heavy atom. The zero-order chi connectivity index (χ0) is 42.3. The normalized spacial score (nSPS) is 19.6. The van der Waals surface area contributed by atoms with E-state index in [0.29, 0.717) is 42.2 Å². The van der Waals surface area contributed by atoms with Crippen molar-refractivity contribution in [2.75, 3.05) is 33.9 Å². The first-order valence-electron chi connectivity index (χ1n) is 20.5. The number of ether oxygens (including phenoxy) is 4. The Bertz CT molecular complexity index is 2150. The Morgan fingerprint density at radius 2 is 1.83 bits per heavy atom. The minimum Gasteiger partial charge on any atom is -0.497 e. The lowest BCUT2D eigenvalue weighted by atomic mass is 10.1. The monoisotopic (exact) mass is 823 g/mol. The van der Waals surface area contributed by atoms with E-state index in [1.165, 1.54) is 11.3 Å². The van der Waals surface area contributed by atoms with Crippen LogP contribution in [0.25, 0.3) is 21.6 Å². The van der Waals surface area contributed by atoms with E-state index in [4.69, 9.17) is 28.9 Å². The molecule has 1 saturated carbocycles. The summed E-state index contributed by atoms with van der Waals surface area (Å²) in [4.78, 5) is 56.0. The molecule has 0 radical (unpaired) electrons. The first-order chi connectivity index (χ1) is 28.5. The second kappa shape index (κ2) is 19.1. The van der Waals surface area contributed by atoms with E-state index in [1.807, 2.05) is 60.8 Å². The van der Waals surface area contributed by atoms with Gasteiger partial charge in [-0.15, -0.1) is 24.5 Å². The van der Waals surface area contributed by atoms with Crippen LogP contribution in [0.5, 0.6) is 17.2 Å². The summed E-state index contributed by atoms with van der Waals surface area (Å²) in [5.74, 6) is 0.989. The molecule has 3 heterocycles. The summed E-state index contributed by atoms with van der Waals surface area (Å²) in [6.45, 7) is 16.7. The van der Waals surface area contributed by atoms with Gasteiger partial charge in [0.05, 0.1) is 38.6 Å². The van der Waals surface area contributed by atoms with Gasteiger partial charge in [-0.05, 0) is 75.3 Å². The number of allylic oxidation sites excluding steroid dienone is 1. The molecule has 6 rings (SSSR count). The summed E-state index contributed by atoms with van der Waals surface area (Å²) in [7, 11) is 3.25. The number of pyridine rings is 1. The molecule has 2 aromatic carbocycles. The maximum absolute atomic E-state index is 14.9. The van der Waals surface area contributed by atoms with E-state index in [2.05, 4.69) is 32.3 Å². The Labute approximate surface area is 351 Å². The average molecular weight is 824 g/mol. The summed E-state index contributed by atoms with van der Waals surface area (Å²) in [5, 5.41) is 6.59. The van der Waals surface area contributed by atoms with Gasteiger partial charge in [0.15, 0.2) is 0 Å². The molecule has 0 spiro atoms. The van der Waals surface area contributed by atoms with E-state index in [1.54, 1.807) is 37.0 Å². The largest absolute Gasteiger partial charge is 0.497 e. The molecule has 1 aliphatic carbocycles. The lowest BCUT2D eigenvalue weighted by Crippen LogP contribution is -2.55. The third-order valence-electron chi connectivity index (χ3n) is 11.2. The van der Waals surface area contributed by atoms with E-state index >= 15 is 0 Å². The van der Waals surface area contributed by atoms with Crippen LogP contribution in [0.2, 0.25) is 0 Å². The minimum absolute atomic E-state index is 0.132. The number of nitrogens with zero attached hydrogens (tertiary/aromatic N) is 4. The third-order valence-corrected chi connectivity index (χ3v) is 12.1. The van der Waals surface area contributed by atoms with Gasteiger partial charge >= 0.3 is 12.0 Å². The summed E-state index contributed by atoms with van der Waals surface area (Å²) in [6, 6.07) is 12.1. The van der Waals surface area contributed by atoms with Crippen LogP contribution >= 0.6 is 11.3 Å². The number of amides is 3. The second-order valence-electron chi connectivity index (χ2n) is 15.6. The van der Waals surface area contributed by atoms with Crippen molar-refractivity contribution in [1.29, 1.82) is 0 Å². The molecular weight excluding hydrogens is 767 g/mol. The van der Waals surface area contributed by atoms with Crippen molar-refractivity contribution in [3.8, 4) is 28.0 Å². The number of hydrogen-bond acceptors (Lipinski definition) is 10. The standard InChI is InChI=1S/C46H57N5O7S/c1-9-12-13-14-15-22-50(26-31-16-18-33(55-7)19-17-31)45(54)51-27-34(23-38(51)42(52)49-46(25-32(46)10-2)44(53)57-11-3)58-40-24-36(43-48-37(28-59-43)29(4)5)47-41-30(6)39(56-8)21-20-35(40)41/h9-10,16-21,24,28-29,32,34,38H,1-2,11-15,22-23,25-27H2,3-8H3,(H,49,52)/t32-,34?,38+,46?/m1/s1. The maximum Gasteiger partial charge on any atom is 0.332 e. The average Bonchev–Trinajstić information content (AvgIpc) is 3.50. The number of nitrogens with one attached hydrogen (secondary N) is 1. The summed E-state index contributed by atoms with van der Waals surface area (Å²) in [5.41, 5.74) is 2.89. The van der Waals surface area contributed by atoms with Crippen LogP contribution in [-0.2, 0) is 20.9 Å². The molecule has 1 N–H and O–H groups in total. The number of rotatable bonds is 19. The van der Waals surface area contributed by atoms with Crippen molar-refractivity contribution >= 4 is 40.1 Å². The number of aryl methyl sites for hydroxylation is 1. The molecule has 314 valence electrons.